The number of carbonyl (C=O) groups excluding carboxylic acids is 1. The van der Waals surface area contributed by atoms with Crippen LogP contribution in [0.4, 0.5) is 5.00 Å². The topological polar surface area (TPSA) is 62.1 Å². The second kappa shape index (κ2) is 8.77. The molecule has 1 aromatic heterocycles. The summed E-state index contributed by atoms with van der Waals surface area (Å²) in [6.45, 7) is 4.63. The molecular formula is C21H23ClN2O2S. The quantitative estimate of drug-likeness (QED) is 0.648. The maximum absolute atomic E-state index is 12.3. The fourth-order valence-electron chi connectivity index (χ4n) is 3.34. The summed E-state index contributed by atoms with van der Waals surface area (Å²) >= 11 is 7.50. The minimum atomic E-state index is -0.0745. The lowest BCUT2D eigenvalue weighted by molar-refractivity contribution is -0.116. The summed E-state index contributed by atoms with van der Waals surface area (Å²) in [5.41, 5.74) is 2.77. The molecule has 0 saturated heterocycles. The van der Waals surface area contributed by atoms with Gasteiger partial charge in [-0.15, -0.1) is 11.3 Å². The smallest absolute Gasteiger partial charge is 0.225 e. The Morgan fingerprint density at radius 2 is 2.30 bits per heavy atom. The summed E-state index contributed by atoms with van der Waals surface area (Å²) in [5, 5.41) is 13.8. The lowest BCUT2D eigenvalue weighted by Crippen LogP contribution is -2.13. The zero-order valence-electron chi connectivity index (χ0n) is 15.6. The number of rotatable bonds is 6. The molecule has 0 aliphatic heterocycles. The molecule has 1 aromatic carbocycles. The number of halogens is 1. The van der Waals surface area contributed by atoms with Gasteiger partial charge in [0.15, 0.2) is 0 Å². The van der Waals surface area contributed by atoms with Crippen molar-refractivity contribution in [3.8, 4) is 11.8 Å². The van der Waals surface area contributed by atoms with E-state index in [0.717, 1.165) is 36.1 Å². The van der Waals surface area contributed by atoms with E-state index in [0.29, 0.717) is 41.0 Å². The number of amides is 1. The summed E-state index contributed by atoms with van der Waals surface area (Å²) in [6, 6.07) is 7.77. The Balaban J connectivity index is 1.52. The van der Waals surface area contributed by atoms with Gasteiger partial charge in [-0.3, -0.25) is 4.79 Å². The third kappa shape index (κ3) is 4.82. The van der Waals surface area contributed by atoms with Gasteiger partial charge < -0.3 is 10.1 Å². The largest absolute Gasteiger partial charge is 0.493 e. The molecule has 6 heteroatoms. The second-order valence-electron chi connectivity index (χ2n) is 7.08. The predicted molar refractivity (Wildman–Crippen MR) is 110 cm³/mol. The average molecular weight is 403 g/mol. The highest BCUT2D eigenvalue weighted by molar-refractivity contribution is 7.16. The number of fused-ring (bicyclic) bond motifs is 1. The first kappa shape index (κ1) is 19.7. The van der Waals surface area contributed by atoms with Crippen LogP contribution in [0.25, 0.3) is 0 Å². The Kier molecular flexibility index (Phi) is 6.41. The molecule has 0 unspecified atom stereocenters. The van der Waals surface area contributed by atoms with Crippen LogP contribution < -0.4 is 10.1 Å². The first-order valence-electron chi connectivity index (χ1n) is 9.21. The molecule has 1 aliphatic carbocycles. The number of ether oxygens (including phenoxy) is 1. The van der Waals surface area contributed by atoms with Crippen molar-refractivity contribution in [2.45, 2.75) is 46.0 Å². The van der Waals surface area contributed by atoms with Crippen molar-refractivity contribution in [2.75, 3.05) is 11.9 Å². The zero-order chi connectivity index (χ0) is 19.4. The molecule has 1 N–H and O–H groups in total. The second-order valence-corrected chi connectivity index (χ2v) is 8.62. The van der Waals surface area contributed by atoms with Gasteiger partial charge in [-0.05, 0) is 67.9 Å². The van der Waals surface area contributed by atoms with Crippen LogP contribution in [0.15, 0.2) is 18.2 Å². The lowest BCUT2D eigenvalue weighted by atomic mass is 9.89. The summed E-state index contributed by atoms with van der Waals surface area (Å²) in [5.74, 6) is 1.35. The van der Waals surface area contributed by atoms with Crippen LogP contribution in [0.1, 0.15) is 47.8 Å². The van der Waals surface area contributed by atoms with Crippen LogP contribution >= 0.6 is 22.9 Å². The van der Waals surface area contributed by atoms with Gasteiger partial charge >= 0.3 is 0 Å². The van der Waals surface area contributed by atoms with Gasteiger partial charge in [0, 0.05) is 16.3 Å². The number of anilines is 1. The first-order chi connectivity index (χ1) is 13.0. The maximum atomic E-state index is 12.3. The van der Waals surface area contributed by atoms with Gasteiger partial charge in [-0.25, -0.2) is 0 Å². The molecule has 1 atom stereocenters. The molecule has 0 bridgehead atoms. The number of hydrogen-bond acceptors (Lipinski definition) is 4. The van der Waals surface area contributed by atoms with E-state index < -0.39 is 0 Å². The average Bonchev–Trinajstić information content (AvgIpc) is 2.96. The van der Waals surface area contributed by atoms with E-state index in [4.69, 9.17) is 16.3 Å². The van der Waals surface area contributed by atoms with Crippen molar-refractivity contribution >= 4 is 33.8 Å². The van der Waals surface area contributed by atoms with Crippen molar-refractivity contribution in [2.24, 2.45) is 5.92 Å². The van der Waals surface area contributed by atoms with Crippen molar-refractivity contribution < 1.29 is 9.53 Å². The van der Waals surface area contributed by atoms with Gasteiger partial charge in [-0.2, -0.15) is 5.26 Å². The zero-order valence-corrected chi connectivity index (χ0v) is 17.2. The highest BCUT2D eigenvalue weighted by Crippen LogP contribution is 2.39. The third-order valence-electron chi connectivity index (χ3n) is 4.82. The van der Waals surface area contributed by atoms with E-state index in [1.54, 1.807) is 17.4 Å². The number of aryl methyl sites for hydroxylation is 1. The van der Waals surface area contributed by atoms with E-state index in [1.807, 2.05) is 19.1 Å². The minimum absolute atomic E-state index is 0.0745. The van der Waals surface area contributed by atoms with Crippen LogP contribution in [-0.2, 0) is 17.6 Å². The Labute approximate surface area is 169 Å². The number of thiophene rings is 1. The third-order valence-corrected chi connectivity index (χ3v) is 6.22. The summed E-state index contributed by atoms with van der Waals surface area (Å²) < 4.78 is 5.73. The summed E-state index contributed by atoms with van der Waals surface area (Å²) in [7, 11) is 0. The molecule has 1 heterocycles. The number of benzene rings is 1. The Morgan fingerprint density at radius 1 is 1.48 bits per heavy atom. The SMILES string of the molecule is Cc1cc(Cl)ccc1OCCCC(=O)Nc1sc2c(c1C#N)CC[C@H](C)C2. The highest BCUT2D eigenvalue weighted by atomic mass is 35.5. The standard InChI is InChI=1S/C21H23ClN2O2S/c1-13-5-7-16-17(12-23)21(27-19(16)10-13)24-20(25)4-3-9-26-18-8-6-15(22)11-14(18)2/h6,8,11,13H,3-5,7,9-10H2,1-2H3,(H,24,25)/t13-/m0/s1. The molecule has 0 fully saturated rings. The van der Waals surface area contributed by atoms with E-state index >= 15 is 0 Å². The molecule has 3 rings (SSSR count). The molecule has 0 saturated carbocycles. The van der Waals surface area contributed by atoms with E-state index in [1.165, 1.54) is 4.88 Å². The maximum Gasteiger partial charge on any atom is 0.225 e. The molecule has 4 nitrogen and oxygen atoms in total. The molecular weight excluding hydrogens is 380 g/mol. The monoisotopic (exact) mass is 402 g/mol. The van der Waals surface area contributed by atoms with Gasteiger partial charge in [-0.1, -0.05) is 18.5 Å². The molecule has 1 amide bonds. The van der Waals surface area contributed by atoms with Crippen LogP contribution in [0.3, 0.4) is 0 Å². The summed E-state index contributed by atoms with van der Waals surface area (Å²) in [6.07, 6.45) is 4.00. The highest BCUT2D eigenvalue weighted by Gasteiger charge is 2.24. The fourth-order valence-corrected chi connectivity index (χ4v) is 4.94. The van der Waals surface area contributed by atoms with E-state index in [-0.39, 0.29) is 5.91 Å². The van der Waals surface area contributed by atoms with Crippen molar-refractivity contribution in [1.29, 1.82) is 5.26 Å². The Bertz CT molecular complexity index is 885. The first-order valence-corrected chi connectivity index (χ1v) is 10.4. The Hall–Kier alpha value is -2.03. The number of carbonyl (C=O) groups is 1. The van der Waals surface area contributed by atoms with Crippen molar-refractivity contribution in [3.05, 3.63) is 44.8 Å². The molecule has 27 heavy (non-hydrogen) atoms. The van der Waals surface area contributed by atoms with Crippen LogP contribution in [0, 0.1) is 24.2 Å². The number of hydrogen-bond donors (Lipinski definition) is 1. The predicted octanol–water partition coefficient (Wildman–Crippen LogP) is 5.50. The number of nitriles is 1. The van der Waals surface area contributed by atoms with Gasteiger partial charge in [0.25, 0.3) is 0 Å². The van der Waals surface area contributed by atoms with Crippen LogP contribution in [-0.4, -0.2) is 12.5 Å². The molecule has 0 spiro atoms. The van der Waals surface area contributed by atoms with Crippen molar-refractivity contribution in [1.82, 2.24) is 0 Å². The van der Waals surface area contributed by atoms with Gasteiger partial charge in [0.05, 0.1) is 12.2 Å². The van der Waals surface area contributed by atoms with Gasteiger partial charge in [0.1, 0.15) is 16.8 Å². The van der Waals surface area contributed by atoms with Crippen molar-refractivity contribution in [3.63, 3.8) is 0 Å². The van der Waals surface area contributed by atoms with Gasteiger partial charge in [0.2, 0.25) is 5.91 Å². The number of nitrogens with zero attached hydrogens (tertiary/aromatic N) is 1. The van der Waals surface area contributed by atoms with Crippen LogP contribution in [0.2, 0.25) is 5.02 Å². The van der Waals surface area contributed by atoms with E-state index in [2.05, 4.69) is 18.3 Å². The molecule has 1 aliphatic rings. The number of nitrogens with one attached hydrogen (secondary N) is 1. The molecule has 2 aromatic rings. The fraction of sp³-hybridized carbons (Fsp3) is 0.429. The lowest BCUT2D eigenvalue weighted by Gasteiger charge is -2.17. The molecule has 0 radical (unpaired) electrons. The minimum Gasteiger partial charge on any atom is -0.493 e. The summed E-state index contributed by atoms with van der Waals surface area (Å²) in [4.78, 5) is 13.5. The Morgan fingerprint density at radius 3 is 3.04 bits per heavy atom. The normalized spacial score (nSPS) is 15.7. The molecule has 142 valence electrons. The van der Waals surface area contributed by atoms with Crippen LogP contribution in [0.5, 0.6) is 5.75 Å². The van der Waals surface area contributed by atoms with E-state index in [9.17, 15) is 10.1 Å².